The van der Waals surface area contributed by atoms with E-state index in [-0.39, 0.29) is 11.9 Å². The highest BCUT2D eigenvalue weighted by molar-refractivity contribution is 5.87. The van der Waals surface area contributed by atoms with Gasteiger partial charge in [-0.15, -0.1) is 0 Å². The molecule has 0 aliphatic carbocycles. The molecule has 1 atom stereocenters. The van der Waals surface area contributed by atoms with Gasteiger partial charge in [-0.25, -0.2) is 0 Å². The lowest BCUT2D eigenvalue weighted by Crippen LogP contribution is -2.33. The molecule has 116 valence electrons. The zero-order valence-corrected chi connectivity index (χ0v) is 13.4. The molecule has 1 unspecified atom stereocenters. The standard InChI is InChI=1S/C16H26N4O/c1-14(15-8-5-6-10-17-15)20(4)13-11-18-16(21)9-7-12-19(2)3/h5-10,14H,11-13H2,1-4H3,(H,18,21)/b9-7+. The highest BCUT2D eigenvalue weighted by Gasteiger charge is 2.11. The fourth-order valence-electron chi connectivity index (χ4n) is 1.83. The zero-order chi connectivity index (χ0) is 15.7. The van der Waals surface area contributed by atoms with Crippen molar-refractivity contribution in [2.24, 2.45) is 0 Å². The number of carbonyl (C=O) groups excluding carboxylic acids is 1. The van der Waals surface area contributed by atoms with Gasteiger partial charge in [-0.3, -0.25) is 14.7 Å². The van der Waals surface area contributed by atoms with Gasteiger partial charge in [-0.1, -0.05) is 12.1 Å². The van der Waals surface area contributed by atoms with Crippen LogP contribution in [0.2, 0.25) is 0 Å². The van der Waals surface area contributed by atoms with Crippen molar-refractivity contribution in [1.82, 2.24) is 20.1 Å². The summed E-state index contributed by atoms with van der Waals surface area (Å²) < 4.78 is 0. The third kappa shape index (κ3) is 7.02. The molecule has 0 aliphatic rings. The van der Waals surface area contributed by atoms with Crippen LogP contribution < -0.4 is 5.32 Å². The van der Waals surface area contributed by atoms with E-state index in [0.29, 0.717) is 6.54 Å². The fourth-order valence-corrected chi connectivity index (χ4v) is 1.83. The van der Waals surface area contributed by atoms with E-state index in [2.05, 4.69) is 22.1 Å². The third-order valence-electron chi connectivity index (χ3n) is 3.28. The molecule has 5 heteroatoms. The molecule has 0 aliphatic heterocycles. The van der Waals surface area contributed by atoms with E-state index >= 15 is 0 Å². The summed E-state index contributed by atoms with van der Waals surface area (Å²) in [6, 6.07) is 6.15. The lowest BCUT2D eigenvalue weighted by molar-refractivity contribution is -0.116. The average molecular weight is 290 g/mol. The first kappa shape index (κ1) is 17.3. The van der Waals surface area contributed by atoms with Crippen molar-refractivity contribution >= 4 is 5.91 Å². The van der Waals surface area contributed by atoms with E-state index in [1.807, 2.05) is 50.3 Å². The first-order valence-corrected chi connectivity index (χ1v) is 7.21. The molecular formula is C16H26N4O. The summed E-state index contributed by atoms with van der Waals surface area (Å²) in [5.41, 5.74) is 1.04. The van der Waals surface area contributed by atoms with Crippen LogP contribution in [0.25, 0.3) is 0 Å². The Hall–Kier alpha value is -1.72. The number of hydrogen-bond acceptors (Lipinski definition) is 4. The van der Waals surface area contributed by atoms with E-state index in [1.165, 1.54) is 0 Å². The van der Waals surface area contributed by atoms with Gasteiger partial charge in [-0.05, 0) is 40.2 Å². The highest BCUT2D eigenvalue weighted by atomic mass is 16.1. The van der Waals surface area contributed by atoms with Crippen LogP contribution in [0.15, 0.2) is 36.5 Å². The van der Waals surface area contributed by atoms with Crippen molar-refractivity contribution in [3.05, 3.63) is 42.2 Å². The first-order valence-electron chi connectivity index (χ1n) is 7.21. The molecule has 1 aromatic rings. The number of carbonyl (C=O) groups is 1. The molecule has 5 nitrogen and oxygen atoms in total. The van der Waals surface area contributed by atoms with Crippen LogP contribution in [0, 0.1) is 0 Å². The topological polar surface area (TPSA) is 48.5 Å². The van der Waals surface area contributed by atoms with Crippen LogP contribution in [-0.2, 0) is 4.79 Å². The molecule has 0 radical (unpaired) electrons. The summed E-state index contributed by atoms with van der Waals surface area (Å²) >= 11 is 0. The lowest BCUT2D eigenvalue weighted by Gasteiger charge is -2.24. The van der Waals surface area contributed by atoms with Gasteiger partial charge in [0.15, 0.2) is 0 Å². The Balaban J connectivity index is 2.28. The number of hydrogen-bond donors (Lipinski definition) is 1. The maximum absolute atomic E-state index is 11.6. The van der Waals surface area contributed by atoms with Crippen LogP contribution in [0.5, 0.6) is 0 Å². The number of nitrogens with one attached hydrogen (secondary N) is 1. The number of likely N-dealkylation sites (N-methyl/N-ethyl adjacent to an activating group) is 2. The van der Waals surface area contributed by atoms with E-state index in [4.69, 9.17) is 0 Å². The average Bonchev–Trinajstić information content (AvgIpc) is 2.46. The van der Waals surface area contributed by atoms with Gasteiger partial charge in [0.1, 0.15) is 0 Å². The van der Waals surface area contributed by atoms with Gasteiger partial charge in [-0.2, -0.15) is 0 Å². The predicted octanol–water partition coefficient (Wildman–Crippen LogP) is 1.31. The van der Waals surface area contributed by atoms with Crippen LogP contribution >= 0.6 is 0 Å². The number of nitrogens with zero attached hydrogens (tertiary/aromatic N) is 3. The summed E-state index contributed by atoms with van der Waals surface area (Å²) in [6.45, 7) is 4.29. The normalized spacial score (nSPS) is 13.0. The van der Waals surface area contributed by atoms with Crippen molar-refractivity contribution in [1.29, 1.82) is 0 Å². The lowest BCUT2D eigenvalue weighted by atomic mass is 10.2. The molecule has 0 spiro atoms. The predicted molar refractivity (Wildman–Crippen MR) is 86.0 cm³/mol. The molecule has 1 aromatic heterocycles. The second-order valence-corrected chi connectivity index (χ2v) is 5.37. The Morgan fingerprint density at radius 3 is 2.76 bits per heavy atom. The second kappa shape index (κ2) is 9.26. The summed E-state index contributed by atoms with van der Waals surface area (Å²) in [7, 11) is 5.97. The molecule has 0 fully saturated rings. The van der Waals surface area contributed by atoms with Crippen LogP contribution in [0.4, 0.5) is 0 Å². The van der Waals surface area contributed by atoms with Crippen molar-refractivity contribution in [3.63, 3.8) is 0 Å². The van der Waals surface area contributed by atoms with Gasteiger partial charge in [0.25, 0.3) is 0 Å². The van der Waals surface area contributed by atoms with E-state index < -0.39 is 0 Å². The van der Waals surface area contributed by atoms with Crippen LogP contribution in [0.1, 0.15) is 18.7 Å². The zero-order valence-electron chi connectivity index (χ0n) is 13.4. The monoisotopic (exact) mass is 290 g/mol. The summed E-state index contributed by atoms with van der Waals surface area (Å²) in [5.74, 6) is -0.0456. The molecule has 0 saturated carbocycles. The summed E-state index contributed by atoms with van der Waals surface area (Å²) in [4.78, 5) is 20.1. The number of pyridine rings is 1. The maximum atomic E-state index is 11.6. The van der Waals surface area contributed by atoms with Crippen molar-refractivity contribution in [2.45, 2.75) is 13.0 Å². The molecule has 0 aromatic carbocycles. The Kier molecular flexibility index (Phi) is 7.64. The van der Waals surface area contributed by atoms with E-state index in [0.717, 1.165) is 18.8 Å². The highest BCUT2D eigenvalue weighted by Crippen LogP contribution is 2.14. The molecule has 21 heavy (non-hydrogen) atoms. The van der Waals surface area contributed by atoms with Crippen molar-refractivity contribution < 1.29 is 4.79 Å². The number of amides is 1. The van der Waals surface area contributed by atoms with Crippen LogP contribution in [-0.4, -0.2) is 61.5 Å². The van der Waals surface area contributed by atoms with Crippen molar-refractivity contribution in [3.8, 4) is 0 Å². The molecular weight excluding hydrogens is 264 g/mol. The number of aromatic nitrogens is 1. The minimum Gasteiger partial charge on any atom is -0.351 e. The molecule has 1 amide bonds. The Morgan fingerprint density at radius 2 is 2.14 bits per heavy atom. The largest absolute Gasteiger partial charge is 0.351 e. The minimum absolute atomic E-state index is 0.0456. The van der Waals surface area contributed by atoms with E-state index in [1.54, 1.807) is 12.3 Å². The van der Waals surface area contributed by atoms with Gasteiger partial charge >= 0.3 is 0 Å². The SMILES string of the molecule is CC(c1ccccn1)N(C)CCNC(=O)/C=C/CN(C)C. The molecule has 1 heterocycles. The first-order chi connectivity index (χ1) is 10.0. The van der Waals surface area contributed by atoms with Gasteiger partial charge in [0.05, 0.1) is 5.69 Å². The van der Waals surface area contributed by atoms with Gasteiger partial charge in [0, 0.05) is 37.9 Å². The Morgan fingerprint density at radius 1 is 1.38 bits per heavy atom. The molecule has 0 saturated heterocycles. The molecule has 1 N–H and O–H groups in total. The summed E-state index contributed by atoms with van der Waals surface area (Å²) in [5, 5.41) is 2.89. The smallest absolute Gasteiger partial charge is 0.243 e. The molecule has 1 rings (SSSR count). The van der Waals surface area contributed by atoms with Crippen LogP contribution in [0.3, 0.4) is 0 Å². The van der Waals surface area contributed by atoms with Gasteiger partial charge < -0.3 is 10.2 Å². The molecule has 0 bridgehead atoms. The van der Waals surface area contributed by atoms with E-state index in [9.17, 15) is 4.79 Å². The Bertz CT molecular complexity index is 445. The third-order valence-corrected chi connectivity index (χ3v) is 3.28. The minimum atomic E-state index is -0.0456. The number of rotatable bonds is 8. The maximum Gasteiger partial charge on any atom is 0.243 e. The second-order valence-electron chi connectivity index (χ2n) is 5.37. The van der Waals surface area contributed by atoms with Gasteiger partial charge in [0.2, 0.25) is 5.91 Å². The van der Waals surface area contributed by atoms with Crippen molar-refractivity contribution in [2.75, 3.05) is 40.8 Å². The Labute approximate surface area is 127 Å². The fraction of sp³-hybridized carbons (Fsp3) is 0.500. The summed E-state index contributed by atoms with van der Waals surface area (Å²) in [6.07, 6.45) is 5.24. The quantitative estimate of drug-likeness (QED) is 0.733.